The van der Waals surface area contributed by atoms with E-state index in [1.54, 1.807) is 11.9 Å². The highest BCUT2D eigenvalue weighted by Gasteiger charge is 2.30. The number of hydrogen-bond donors (Lipinski definition) is 1. The molecule has 1 atom stereocenters. The first-order valence-electron chi connectivity index (χ1n) is 6.88. The van der Waals surface area contributed by atoms with Crippen LogP contribution in [0.4, 0.5) is 9.59 Å². The standard InChI is InChI=1S/C14H24N4O3/c1-6-17(10-15-5)13(20)18-8-7-11(9-18)16-12(19)21-14(2,3)4/h6,10-11H,1,7-9H2,2-5H3,(H,16,19). The van der Waals surface area contributed by atoms with Crippen LogP contribution < -0.4 is 5.32 Å². The van der Waals surface area contributed by atoms with E-state index in [2.05, 4.69) is 16.9 Å². The van der Waals surface area contributed by atoms with Gasteiger partial charge in [-0.05, 0) is 27.2 Å². The maximum atomic E-state index is 12.2. The van der Waals surface area contributed by atoms with Crippen LogP contribution in [0.5, 0.6) is 0 Å². The minimum atomic E-state index is -0.532. The van der Waals surface area contributed by atoms with Crippen molar-refractivity contribution in [3.05, 3.63) is 12.8 Å². The van der Waals surface area contributed by atoms with Gasteiger partial charge in [-0.25, -0.2) is 9.59 Å². The third-order valence-corrected chi connectivity index (χ3v) is 2.84. The monoisotopic (exact) mass is 296 g/mol. The highest BCUT2D eigenvalue weighted by molar-refractivity contribution is 5.88. The molecule has 21 heavy (non-hydrogen) atoms. The van der Waals surface area contributed by atoms with Gasteiger partial charge in [0.1, 0.15) is 5.60 Å². The molecule has 0 spiro atoms. The minimum Gasteiger partial charge on any atom is -0.444 e. The van der Waals surface area contributed by atoms with Crippen molar-refractivity contribution in [3.63, 3.8) is 0 Å². The summed E-state index contributed by atoms with van der Waals surface area (Å²) < 4.78 is 5.20. The number of urea groups is 1. The number of rotatable bonds is 3. The molecule has 1 aliphatic heterocycles. The molecule has 7 nitrogen and oxygen atoms in total. The van der Waals surface area contributed by atoms with Crippen molar-refractivity contribution in [2.24, 2.45) is 4.99 Å². The second-order valence-electron chi connectivity index (χ2n) is 5.82. The molecule has 1 N–H and O–H groups in total. The smallest absolute Gasteiger partial charge is 0.407 e. The lowest BCUT2D eigenvalue weighted by molar-refractivity contribution is 0.0506. The molecule has 0 aromatic heterocycles. The predicted molar refractivity (Wildman–Crippen MR) is 81.2 cm³/mol. The van der Waals surface area contributed by atoms with Crippen LogP contribution in [0.15, 0.2) is 17.8 Å². The van der Waals surface area contributed by atoms with Crippen molar-refractivity contribution in [3.8, 4) is 0 Å². The van der Waals surface area contributed by atoms with E-state index in [1.807, 2.05) is 20.8 Å². The summed E-state index contributed by atoms with van der Waals surface area (Å²) in [5.41, 5.74) is -0.532. The van der Waals surface area contributed by atoms with Crippen molar-refractivity contribution < 1.29 is 14.3 Å². The number of likely N-dealkylation sites (tertiary alicyclic amines) is 1. The maximum Gasteiger partial charge on any atom is 0.407 e. The average Bonchev–Trinajstić information content (AvgIpc) is 2.81. The highest BCUT2D eigenvalue weighted by atomic mass is 16.6. The molecule has 0 bridgehead atoms. The summed E-state index contributed by atoms with van der Waals surface area (Å²) in [4.78, 5) is 30.6. The Balaban J connectivity index is 2.50. The number of ether oxygens (including phenoxy) is 1. The number of aliphatic imine (C=N–C) groups is 1. The Labute approximate surface area is 125 Å². The van der Waals surface area contributed by atoms with Crippen molar-refractivity contribution in [1.29, 1.82) is 0 Å². The highest BCUT2D eigenvalue weighted by Crippen LogP contribution is 2.13. The third kappa shape index (κ3) is 5.45. The summed E-state index contributed by atoms with van der Waals surface area (Å²) in [6.07, 6.45) is 3.05. The average molecular weight is 296 g/mol. The van der Waals surface area contributed by atoms with Gasteiger partial charge in [0.2, 0.25) is 0 Å². The lowest BCUT2D eigenvalue weighted by Crippen LogP contribution is -2.43. The summed E-state index contributed by atoms with van der Waals surface area (Å²) in [7, 11) is 1.58. The van der Waals surface area contributed by atoms with Gasteiger partial charge in [0, 0.05) is 26.3 Å². The first-order valence-corrected chi connectivity index (χ1v) is 6.88. The van der Waals surface area contributed by atoms with E-state index < -0.39 is 11.7 Å². The van der Waals surface area contributed by atoms with Crippen LogP contribution in [0.3, 0.4) is 0 Å². The van der Waals surface area contributed by atoms with E-state index in [4.69, 9.17) is 4.74 Å². The molecule has 0 aromatic rings. The van der Waals surface area contributed by atoms with Gasteiger partial charge in [0.25, 0.3) is 0 Å². The van der Waals surface area contributed by atoms with Crippen molar-refractivity contribution in [1.82, 2.24) is 15.1 Å². The van der Waals surface area contributed by atoms with Gasteiger partial charge in [-0.15, -0.1) is 0 Å². The molecular formula is C14H24N4O3. The third-order valence-electron chi connectivity index (χ3n) is 2.84. The van der Waals surface area contributed by atoms with Crippen molar-refractivity contribution >= 4 is 18.5 Å². The number of hydrogen-bond acceptors (Lipinski definition) is 4. The number of amides is 3. The molecule has 1 saturated heterocycles. The van der Waals surface area contributed by atoms with Crippen molar-refractivity contribution in [2.75, 3.05) is 20.1 Å². The number of alkyl carbamates (subject to hydrolysis) is 1. The zero-order valence-electron chi connectivity index (χ0n) is 13.1. The van der Waals surface area contributed by atoms with Gasteiger partial charge in [-0.1, -0.05) is 6.58 Å². The number of carbonyl (C=O) groups excluding carboxylic acids is 2. The SMILES string of the molecule is C=CN(C=NC)C(=O)N1CCC(NC(=O)OC(C)(C)C)C1. The molecule has 1 aliphatic rings. The Morgan fingerprint density at radius 3 is 2.67 bits per heavy atom. The van der Waals surface area contributed by atoms with Crippen LogP contribution in [0.1, 0.15) is 27.2 Å². The van der Waals surface area contributed by atoms with Crippen LogP contribution in [-0.2, 0) is 4.74 Å². The summed E-state index contributed by atoms with van der Waals surface area (Å²) in [6, 6.07) is -0.307. The zero-order valence-corrected chi connectivity index (χ0v) is 13.1. The van der Waals surface area contributed by atoms with Crippen LogP contribution in [0.2, 0.25) is 0 Å². The normalized spacial score (nSPS) is 18.7. The fourth-order valence-electron chi connectivity index (χ4n) is 1.99. The molecule has 1 fully saturated rings. The maximum absolute atomic E-state index is 12.2. The Morgan fingerprint density at radius 2 is 2.14 bits per heavy atom. The Morgan fingerprint density at radius 1 is 1.48 bits per heavy atom. The Hall–Kier alpha value is -2.05. The lowest BCUT2D eigenvalue weighted by Gasteiger charge is -2.23. The van der Waals surface area contributed by atoms with Gasteiger partial charge in [-0.3, -0.25) is 9.89 Å². The molecule has 1 rings (SSSR count). The second kappa shape index (κ2) is 7.10. The molecule has 0 saturated carbocycles. The Kier molecular flexibility index (Phi) is 5.75. The lowest BCUT2D eigenvalue weighted by atomic mass is 10.2. The van der Waals surface area contributed by atoms with Gasteiger partial charge in [-0.2, -0.15) is 0 Å². The van der Waals surface area contributed by atoms with Crippen LogP contribution in [0, 0.1) is 0 Å². The fourth-order valence-corrected chi connectivity index (χ4v) is 1.99. The molecule has 0 aromatic carbocycles. The summed E-state index contributed by atoms with van der Waals surface area (Å²) >= 11 is 0. The van der Waals surface area contributed by atoms with Crippen molar-refractivity contribution in [2.45, 2.75) is 38.8 Å². The topological polar surface area (TPSA) is 74.2 Å². The molecular weight excluding hydrogens is 272 g/mol. The van der Waals surface area contributed by atoms with E-state index in [0.29, 0.717) is 19.5 Å². The van der Waals surface area contributed by atoms with Crippen LogP contribution in [0.25, 0.3) is 0 Å². The quantitative estimate of drug-likeness (QED) is 0.637. The molecule has 0 radical (unpaired) electrons. The molecule has 0 aliphatic carbocycles. The first-order chi connectivity index (χ1) is 9.76. The summed E-state index contributed by atoms with van der Waals surface area (Å²) in [5.74, 6) is 0. The molecule has 118 valence electrons. The van der Waals surface area contributed by atoms with E-state index in [-0.39, 0.29) is 12.1 Å². The van der Waals surface area contributed by atoms with Gasteiger partial charge < -0.3 is 15.0 Å². The fraction of sp³-hybridized carbons (Fsp3) is 0.643. The van der Waals surface area contributed by atoms with Gasteiger partial charge >= 0.3 is 12.1 Å². The number of carbonyl (C=O) groups is 2. The zero-order chi connectivity index (χ0) is 16.0. The molecule has 1 heterocycles. The minimum absolute atomic E-state index is 0.103. The second-order valence-corrected chi connectivity index (χ2v) is 5.82. The van der Waals surface area contributed by atoms with E-state index in [1.165, 1.54) is 17.4 Å². The summed E-state index contributed by atoms with van der Waals surface area (Å²) in [6.45, 7) is 10.0. The molecule has 7 heteroatoms. The molecule has 1 unspecified atom stereocenters. The predicted octanol–water partition coefficient (Wildman–Crippen LogP) is 1.81. The van der Waals surface area contributed by atoms with E-state index in [9.17, 15) is 9.59 Å². The Bertz CT molecular complexity index is 428. The van der Waals surface area contributed by atoms with E-state index in [0.717, 1.165) is 0 Å². The van der Waals surface area contributed by atoms with Crippen LogP contribution >= 0.6 is 0 Å². The first kappa shape index (κ1) is 17.0. The van der Waals surface area contributed by atoms with E-state index >= 15 is 0 Å². The van der Waals surface area contributed by atoms with Gasteiger partial charge in [0.15, 0.2) is 0 Å². The number of nitrogens with zero attached hydrogens (tertiary/aromatic N) is 3. The molecule has 3 amide bonds. The summed E-state index contributed by atoms with van der Waals surface area (Å²) in [5, 5.41) is 2.78. The number of nitrogens with one attached hydrogen (secondary N) is 1. The van der Waals surface area contributed by atoms with Crippen LogP contribution in [-0.4, -0.2) is 60.0 Å². The van der Waals surface area contributed by atoms with Gasteiger partial charge in [0.05, 0.1) is 12.4 Å². The largest absolute Gasteiger partial charge is 0.444 e.